The summed E-state index contributed by atoms with van der Waals surface area (Å²) in [7, 11) is 0. The maximum Gasteiger partial charge on any atom is 0.120 e. The van der Waals surface area contributed by atoms with Gasteiger partial charge in [0.1, 0.15) is 5.69 Å². The van der Waals surface area contributed by atoms with Gasteiger partial charge in [-0.3, -0.25) is 4.90 Å². The zero-order valence-electron chi connectivity index (χ0n) is 14.7. The summed E-state index contributed by atoms with van der Waals surface area (Å²) in [6, 6.07) is 6.23. The van der Waals surface area contributed by atoms with Crippen LogP contribution in [0, 0.1) is 0 Å². The third kappa shape index (κ3) is 3.48. The van der Waals surface area contributed by atoms with Gasteiger partial charge in [0, 0.05) is 42.9 Å². The second-order valence-electron chi connectivity index (χ2n) is 7.17. The van der Waals surface area contributed by atoms with Crippen molar-refractivity contribution in [2.45, 2.75) is 37.6 Å². The molecule has 4 heterocycles. The molecule has 2 aromatic rings. The van der Waals surface area contributed by atoms with Crippen LogP contribution in [0.1, 0.15) is 24.6 Å². The molecule has 146 valence electrons. The Balaban J connectivity index is 0.00000180. The van der Waals surface area contributed by atoms with Crippen LogP contribution in [0.2, 0.25) is 10.0 Å². The van der Waals surface area contributed by atoms with Gasteiger partial charge >= 0.3 is 0 Å². The summed E-state index contributed by atoms with van der Waals surface area (Å²) in [6.07, 6.45) is 2.35. The van der Waals surface area contributed by atoms with Crippen LogP contribution >= 0.6 is 35.6 Å². The fourth-order valence-corrected chi connectivity index (χ4v) is 4.82. The topological polar surface area (TPSA) is 52.4 Å². The van der Waals surface area contributed by atoms with Crippen LogP contribution in [-0.4, -0.2) is 58.3 Å². The molecule has 0 N–H and O–H groups in total. The van der Waals surface area contributed by atoms with Crippen molar-refractivity contribution < 1.29 is 9.47 Å². The molecule has 0 bridgehead atoms. The molecular weight excluding hydrogens is 411 g/mol. The third-order valence-corrected chi connectivity index (χ3v) is 6.25. The number of halogens is 3. The fraction of sp³-hybridized carbons (Fsp3) is 0.556. The van der Waals surface area contributed by atoms with Gasteiger partial charge in [-0.15, -0.1) is 17.5 Å². The zero-order chi connectivity index (χ0) is 17.7. The highest BCUT2D eigenvalue weighted by atomic mass is 35.5. The molecule has 0 unspecified atom stereocenters. The quantitative estimate of drug-likeness (QED) is 0.727. The molecule has 2 saturated heterocycles. The van der Waals surface area contributed by atoms with Crippen molar-refractivity contribution >= 4 is 35.6 Å². The average Bonchev–Trinajstić information content (AvgIpc) is 3.26. The number of ether oxygens (including phenoxy) is 2. The molecule has 1 aromatic heterocycles. The SMILES string of the molecule is Cl.Clc1ccc(-c2nnn3c2CO[C@H]2CN(C4CCOCC4)C[C@@H]23)c(Cl)c1. The van der Waals surface area contributed by atoms with E-state index in [-0.39, 0.29) is 24.6 Å². The summed E-state index contributed by atoms with van der Waals surface area (Å²) < 4.78 is 13.7. The largest absolute Gasteiger partial charge is 0.381 e. The van der Waals surface area contributed by atoms with Gasteiger partial charge in [0.05, 0.1) is 29.5 Å². The lowest BCUT2D eigenvalue weighted by Crippen LogP contribution is -2.38. The second kappa shape index (κ2) is 7.85. The van der Waals surface area contributed by atoms with Gasteiger partial charge in [0.15, 0.2) is 0 Å². The van der Waals surface area contributed by atoms with Crippen LogP contribution in [0.15, 0.2) is 18.2 Å². The van der Waals surface area contributed by atoms with Crippen LogP contribution in [0.4, 0.5) is 0 Å². The highest BCUT2D eigenvalue weighted by Crippen LogP contribution is 2.38. The highest BCUT2D eigenvalue weighted by molar-refractivity contribution is 6.36. The predicted octanol–water partition coefficient (Wildman–Crippen LogP) is 3.61. The minimum Gasteiger partial charge on any atom is -0.381 e. The molecule has 0 aliphatic carbocycles. The number of aromatic nitrogens is 3. The number of rotatable bonds is 2. The maximum atomic E-state index is 6.38. The molecule has 0 amide bonds. The van der Waals surface area contributed by atoms with E-state index in [2.05, 4.69) is 15.2 Å². The Morgan fingerprint density at radius 2 is 1.93 bits per heavy atom. The van der Waals surface area contributed by atoms with E-state index in [1.807, 2.05) is 16.8 Å². The molecule has 0 spiro atoms. The Morgan fingerprint density at radius 1 is 1.11 bits per heavy atom. The first-order valence-electron chi connectivity index (χ1n) is 9.03. The van der Waals surface area contributed by atoms with Crippen molar-refractivity contribution in [3.63, 3.8) is 0 Å². The first-order chi connectivity index (χ1) is 12.7. The number of benzene rings is 1. The Bertz CT molecular complexity index is 825. The lowest BCUT2D eigenvalue weighted by molar-refractivity contribution is -0.00870. The van der Waals surface area contributed by atoms with Crippen LogP contribution in [0.5, 0.6) is 0 Å². The summed E-state index contributed by atoms with van der Waals surface area (Å²) in [4.78, 5) is 2.53. The minimum atomic E-state index is 0. The molecule has 2 atom stereocenters. The average molecular weight is 432 g/mol. The van der Waals surface area contributed by atoms with Crippen molar-refractivity contribution in [2.24, 2.45) is 0 Å². The van der Waals surface area contributed by atoms with Gasteiger partial charge in [-0.25, -0.2) is 4.68 Å². The Labute approximate surface area is 174 Å². The van der Waals surface area contributed by atoms with Crippen LogP contribution < -0.4 is 0 Å². The number of likely N-dealkylation sites (tertiary alicyclic amines) is 1. The second-order valence-corrected chi connectivity index (χ2v) is 8.01. The molecule has 3 aliphatic heterocycles. The van der Waals surface area contributed by atoms with Gasteiger partial charge in [-0.1, -0.05) is 28.4 Å². The molecule has 9 heteroatoms. The van der Waals surface area contributed by atoms with Gasteiger partial charge < -0.3 is 9.47 Å². The van der Waals surface area contributed by atoms with Crippen molar-refractivity contribution in [3.8, 4) is 11.3 Å². The number of hydrogen-bond donors (Lipinski definition) is 0. The predicted molar refractivity (Wildman–Crippen MR) is 106 cm³/mol. The Hall–Kier alpha value is -0.890. The third-order valence-electron chi connectivity index (χ3n) is 5.70. The van der Waals surface area contributed by atoms with E-state index in [0.717, 1.165) is 56.1 Å². The van der Waals surface area contributed by atoms with Gasteiger partial charge in [0.2, 0.25) is 0 Å². The van der Waals surface area contributed by atoms with E-state index in [9.17, 15) is 0 Å². The lowest BCUT2D eigenvalue weighted by atomic mass is 10.1. The van der Waals surface area contributed by atoms with E-state index < -0.39 is 0 Å². The summed E-state index contributed by atoms with van der Waals surface area (Å²) in [6.45, 7) is 4.10. The van der Waals surface area contributed by atoms with Gasteiger partial charge in [-0.05, 0) is 31.0 Å². The molecule has 6 nitrogen and oxygen atoms in total. The Morgan fingerprint density at radius 3 is 2.70 bits per heavy atom. The molecule has 5 rings (SSSR count). The van der Waals surface area contributed by atoms with Crippen LogP contribution in [0.25, 0.3) is 11.3 Å². The van der Waals surface area contributed by atoms with E-state index in [4.69, 9.17) is 32.7 Å². The maximum absolute atomic E-state index is 6.38. The monoisotopic (exact) mass is 430 g/mol. The Kier molecular flexibility index (Phi) is 5.65. The van der Waals surface area contributed by atoms with Gasteiger partial charge in [-0.2, -0.15) is 0 Å². The fourth-order valence-electron chi connectivity index (χ4n) is 4.32. The first-order valence-corrected chi connectivity index (χ1v) is 9.79. The smallest absolute Gasteiger partial charge is 0.120 e. The van der Waals surface area contributed by atoms with Crippen molar-refractivity contribution in [2.75, 3.05) is 26.3 Å². The lowest BCUT2D eigenvalue weighted by Gasteiger charge is -2.30. The number of fused-ring (bicyclic) bond motifs is 3. The molecule has 0 saturated carbocycles. The van der Waals surface area contributed by atoms with Crippen molar-refractivity contribution in [1.29, 1.82) is 0 Å². The summed E-state index contributed by atoms with van der Waals surface area (Å²) in [5.41, 5.74) is 2.62. The van der Waals surface area contributed by atoms with Gasteiger partial charge in [0.25, 0.3) is 0 Å². The molecular formula is C18H21Cl3N4O2. The van der Waals surface area contributed by atoms with Crippen LogP contribution in [-0.2, 0) is 16.1 Å². The van der Waals surface area contributed by atoms with Crippen molar-refractivity contribution in [1.82, 2.24) is 19.9 Å². The highest BCUT2D eigenvalue weighted by Gasteiger charge is 2.43. The minimum absolute atomic E-state index is 0. The summed E-state index contributed by atoms with van der Waals surface area (Å²) >= 11 is 12.4. The molecule has 2 fully saturated rings. The molecule has 3 aliphatic rings. The number of nitrogens with zero attached hydrogens (tertiary/aromatic N) is 4. The molecule has 27 heavy (non-hydrogen) atoms. The first kappa shape index (κ1) is 19.4. The summed E-state index contributed by atoms with van der Waals surface area (Å²) in [5.74, 6) is 0. The normalized spacial score (nSPS) is 25.7. The number of hydrogen-bond acceptors (Lipinski definition) is 5. The van der Waals surface area contributed by atoms with Crippen molar-refractivity contribution in [3.05, 3.63) is 33.9 Å². The van der Waals surface area contributed by atoms with Crippen LogP contribution in [0.3, 0.4) is 0 Å². The zero-order valence-corrected chi connectivity index (χ0v) is 17.0. The summed E-state index contributed by atoms with van der Waals surface area (Å²) in [5, 5.41) is 10.1. The van der Waals surface area contributed by atoms with E-state index in [0.29, 0.717) is 22.7 Å². The standard InChI is InChI=1S/C18H20Cl2N4O2.ClH/c19-11-1-2-13(14(20)7-11)18-16-10-26-17-9-23(12-3-5-25-6-4-12)8-15(17)24(16)22-21-18;/h1-2,7,12,15,17H,3-6,8-10H2;1H/t15-,17-;/m0./s1. The molecule has 0 radical (unpaired) electrons. The van der Waals surface area contributed by atoms with E-state index in [1.165, 1.54) is 0 Å². The molecule has 1 aromatic carbocycles. The van der Waals surface area contributed by atoms with E-state index in [1.54, 1.807) is 6.07 Å². The van der Waals surface area contributed by atoms with E-state index >= 15 is 0 Å².